The molecule has 0 amide bonds. The van der Waals surface area contributed by atoms with Gasteiger partial charge in [0.25, 0.3) is 0 Å². The Labute approximate surface area is 108 Å². The van der Waals surface area contributed by atoms with E-state index in [9.17, 15) is 0 Å². The molecule has 0 saturated heterocycles. The fourth-order valence-electron chi connectivity index (χ4n) is 1.10. The Morgan fingerprint density at radius 3 is 1.62 bits per heavy atom. The van der Waals surface area contributed by atoms with Crippen molar-refractivity contribution in [2.45, 2.75) is 33.1 Å². The van der Waals surface area contributed by atoms with E-state index in [0.717, 1.165) is 0 Å². The van der Waals surface area contributed by atoms with Crippen LogP contribution in [0.15, 0.2) is 23.3 Å². The third-order valence-electron chi connectivity index (χ3n) is 1.65. The van der Waals surface area contributed by atoms with E-state index in [1.165, 1.54) is 30.4 Å². The van der Waals surface area contributed by atoms with E-state index in [4.69, 9.17) is 14.0 Å². The number of hydrogen-bond acceptors (Lipinski definition) is 0. The maximum Gasteiger partial charge on any atom is 0 e. The Balaban J connectivity index is -0.0000000900. The quantitative estimate of drug-likeness (QED) is 0.426. The predicted octanol–water partition coefficient (Wildman–Crippen LogP) is 2.95. The van der Waals surface area contributed by atoms with Crippen molar-refractivity contribution < 1.29 is 31.0 Å². The van der Waals surface area contributed by atoms with E-state index in [1.54, 1.807) is 0 Å². The van der Waals surface area contributed by atoms with Crippen LogP contribution in [0.4, 0.5) is 0 Å². The van der Waals surface area contributed by atoms with E-state index in [0.29, 0.717) is 0 Å². The number of allylic oxidation sites excluding steroid dienone is 4. The molecule has 0 atom stereocenters. The SMILES string of the molecule is CCCCC1=CC(C)=C1.[C-]#[O+].[C-]#[O+].[C-]#[O+].[Fe]. The summed E-state index contributed by atoms with van der Waals surface area (Å²) in [6, 6.07) is 0. The monoisotopic (exact) mass is 262 g/mol. The summed E-state index contributed by atoms with van der Waals surface area (Å²) in [5.41, 5.74) is 2.97. The van der Waals surface area contributed by atoms with Crippen LogP contribution in [0, 0.1) is 20.0 Å². The minimum Gasteiger partial charge on any atom is 0 e. The molecule has 16 heavy (non-hydrogen) atoms. The van der Waals surface area contributed by atoms with Crippen LogP contribution in [0.25, 0.3) is 0 Å². The summed E-state index contributed by atoms with van der Waals surface area (Å²) in [4.78, 5) is 0. The molecule has 1 rings (SSSR count). The minimum atomic E-state index is 0. The number of hydrogen-bond donors (Lipinski definition) is 0. The standard InChI is InChI=1S/C9H14.3CO.Fe/c1-3-4-5-9-6-8(2)7-9;3*1-2;/h6-7H,3-5H2,1-2H3;;;;. The molecule has 88 valence electrons. The summed E-state index contributed by atoms with van der Waals surface area (Å²) in [5, 5.41) is 0. The zero-order valence-corrected chi connectivity index (χ0v) is 10.5. The van der Waals surface area contributed by atoms with Gasteiger partial charge in [-0.3, -0.25) is 0 Å². The van der Waals surface area contributed by atoms with Gasteiger partial charge in [-0.25, -0.2) is 0 Å². The van der Waals surface area contributed by atoms with Crippen LogP contribution in [-0.4, -0.2) is 0 Å². The summed E-state index contributed by atoms with van der Waals surface area (Å²) in [6.45, 7) is 17.9. The first-order valence-electron chi connectivity index (χ1n) is 4.33. The van der Waals surface area contributed by atoms with Gasteiger partial charge in [-0.2, -0.15) is 0 Å². The van der Waals surface area contributed by atoms with E-state index < -0.39 is 0 Å². The van der Waals surface area contributed by atoms with Gasteiger partial charge < -0.3 is 0 Å². The van der Waals surface area contributed by atoms with Gasteiger partial charge in [-0.05, 0) is 25.3 Å². The Bertz CT molecular complexity index is 245. The van der Waals surface area contributed by atoms with Crippen LogP contribution < -0.4 is 0 Å². The van der Waals surface area contributed by atoms with Crippen molar-refractivity contribution in [2.24, 2.45) is 0 Å². The van der Waals surface area contributed by atoms with Gasteiger partial charge in [0.1, 0.15) is 0 Å². The molecule has 0 unspecified atom stereocenters. The molecular weight excluding hydrogens is 248 g/mol. The zero-order chi connectivity index (χ0) is 12.7. The third-order valence-corrected chi connectivity index (χ3v) is 1.65. The first-order chi connectivity index (χ1) is 7.33. The Kier molecular flexibility index (Phi) is 36.4. The Morgan fingerprint density at radius 1 is 1.00 bits per heavy atom. The molecule has 4 heteroatoms. The van der Waals surface area contributed by atoms with Gasteiger partial charge in [0, 0.05) is 17.1 Å². The van der Waals surface area contributed by atoms with Crippen LogP contribution in [0.2, 0.25) is 0 Å². The zero-order valence-electron chi connectivity index (χ0n) is 9.35. The molecule has 0 spiro atoms. The molecular formula is C12H14FeO3. The maximum atomic E-state index is 7.50. The summed E-state index contributed by atoms with van der Waals surface area (Å²) in [7, 11) is 0. The van der Waals surface area contributed by atoms with Crippen LogP contribution in [0.1, 0.15) is 33.1 Å². The van der Waals surface area contributed by atoms with E-state index in [2.05, 4.69) is 46.0 Å². The smallest absolute Gasteiger partial charge is 0 e. The summed E-state index contributed by atoms with van der Waals surface area (Å²) in [6.07, 6.45) is 8.49. The van der Waals surface area contributed by atoms with Crippen LogP contribution >= 0.6 is 0 Å². The van der Waals surface area contributed by atoms with Gasteiger partial charge >= 0.3 is 33.9 Å². The Hall–Kier alpha value is -0.781. The van der Waals surface area contributed by atoms with Gasteiger partial charge in [0.2, 0.25) is 0 Å². The molecule has 0 N–H and O–H groups in total. The van der Waals surface area contributed by atoms with Crippen molar-refractivity contribution in [3.8, 4) is 0 Å². The van der Waals surface area contributed by atoms with Crippen LogP contribution in [0.3, 0.4) is 0 Å². The fourth-order valence-corrected chi connectivity index (χ4v) is 1.10. The number of rotatable bonds is 3. The molecule has 0 aromatic carbocycles. The molecule has 0 aliphatic heterocycles. The van der Waals surface area contributed by atoms with Gasteiger partial charge in [-0.1, -0.05) is 31.1 Å². The molecule has 0 heterocycles. The Morgan fingerprint density at radius 2 is 1.38 bits per heavy atom. The average molecular weight is 262 g/mol. The van der Waals surface area contributed by atoms with Crippen molar-refractivity contribution in [1.82, 2.24) is 0 Å². The molecule has 1 aliphatic rings. The third kappa shape index (κ3) is 15.7. The van der Waals surface area contributed by atoms with Crippen molar-refractivity contribution in [2.75, 3.05) is 0 Å². The molecule has 0 saturated carbocycles. The number of unbranched alkanes of at least 4 members (excludes halogenated alkanes) is 1. The molecule has 0 bridgehead atoms. The van der Waals surface area contributed by atoms with Crippen LogP contribution in [-0.2, 0) is 31.0 Å². The molecule has 0 aromatic heterocycles. The first kappa shape index (κ1) is 24.4. The largest absolute Gasteiger partial charge is 0 e. The van der Waals surface area contributed by atoms with Crippen molar-refractivity contribution in [3.05, 3.63) is 43.2 Å². The molecule has 0 fully saturated rings. The molecule has 0 radical (unpaired) electrons. The van der Waals surface area contributed by atoms with Gasteiger partial charge in [0.05, 0.1) is 0 Å². The minimum absolute atomic E-state index is 0. The van der Waals surface area contributed by atoms with E-state index in [-0.39, 0.29) is 17.1 Å². The molecule has 1 aliphatic carbocycles. The topological polar surface area (TPSA) is 59.7 Å². The second-order valence-corrected chi connectivity index (χ2v) is 2.71. The van der Waals surface area contributed by atoms with Crippen LogP contribution in [0.5, 0.6) is 0 Å². The molecule has 3 nitrogen and oxygen atoms in total. The summed E-state index contributed by atoms with van der Waals surface area (Å²) < 4.78 is 22.5. The van der Waals surface area contributed by atoms with Gasteiger partial charge in [0.15, 0.2) is 0 Å². The summed E-state index contributed by atoms with van der Waals surface area (Å²) in [5.74, 6) is 0. The van der Waals surface area contributed by atoms with E-state index >= 15 is 0 Å². The first-order valence-corrected chi connectivity index (χ1v) is 4.33. The normalized spacial score (nSPS) is 9.50. The average Bonchev–Trinajstić information content (AvgIpc) is 2.31. The van der Waals surface area contributed by atoms with Crippen molar-refractivity contribution >= 4 is 0 Å². The van der Waals surface area contributed by atoms with Crippen molar-refractivity contribution in [1.29, 1.82) is 0 Å². The van der Waals surface area contributed by atoms with Gasteiger partial charge in [-0.15, -0.1) is 0 Å². The van der Waals surface area contributed by atoms with Crippen molar-refractivity contribution in [3.63, 3.8) is 0 Å². The summed E-state index contributed by atoms with van der Waals surface area (Å²) >= 11 is 0. The second-order valence-electron chi connectivity index (χ2n) is 2.71. The fraction of sp³-hybridized carbons (Fsp3) is 0.417. The second kappa shape index (κ2) is 23.8. The van der Waals surface area contributed by atoms with E-state index in [1.807, 2.05) is 0 Å². The molecule has 0 aromatic rings. The predicted molar refractivity (Wildman–Crippen MR) is 53.2 cm³/mol. The maximum absolute atomic E-state index is 7.50.